The molecule has 0 spiro atoms. The average molecular weight is 347 g/mol. The molecule has 9 heteroatoms. The van der Waals surface area contributed by atoms with Crippen LogP contribution in [0.1, 0.15) is 23.7 Å². The molecule has 1 heterocycles. The van der Waals surface area contributed by atoms with Crippen molar-refractivity contribution in [1.29, 1.82) is 0 Å². The van der Waals surface area contributed by atoms with Gasteiger partial charge in [-0.1, -0.05) is 6.07 Å². The maximum atomic E-state index is 13.4. The standard InChI is InChI=1S/C14H15F2NO5S/c1-14(5-6-23(20,21)8-14)17-11(18)7-22-13(19)12-9(15)3-2-4-10(12)16/h2-4H,5-8H2,1H3,(H,17,18)/t14-/m0/s1. The minimum absolute atomic E-state index is 0.0377. The fraction of sp³-hybridized carbons (Fsp3) is 0.429. The third kappa shape index (κ3) is 4.25. The van der Waals surface area contributed by atoms with E-state index in [0.29, 0.717) is 0 Å². The number of carbonyl (C=O) groups is 2. The fourth-order valence-corrected chi connectivity index (χ4v) is 4.47. The van der Waals surface area contributed by atoms with Gasteiger partial charge in [0.05, 0.1) is 17.0 Å². The van der Waals surface area contributed by atoms with Crippen LogP contribution < -0.4 is 5.32 Å². The second-order valence-corrected chi connectivity index (χ2v) is 7.81. The summed E-state index contributed by atoms with van der Waals surface area (Å²) in [4.78, 5) is 23.4. The molecule has 0 saturated carbocycles. The predicted molar refractivity (Wildman–Crippen MR) is 76.5 cm³/mol. The summed E-state index contributed by atoms with van der Waals surface area (Å²) in [5.41, 5.74) is -1.82. The number of hydrogen-bond acceptors (Lipinski definition) is 5. The van der Waals surface area contributed by atoms with Crippen molar-refractivity contribution in [3.8, 4) is 0 Å². The minimum Gasteiger partial charge on any atom is -0.452 e. The summed E-state index contributed by atoms with van der Waals surface area (Å²) >= 11 is 0. The molecule has 126 valence electrons. The molecule has 1 fully saturated rings. The molecule has 1 aromatic rings. The van der Waals surface area contributed by atoms with Crippen LogP contribution in [0, 0.1) is 11.6 Å². The van der Waals surface area contributed by atoms with Gasteiger partial charge in [0.15, 0.2) is 16.4 Å². The van der Waals surface area contributed by atoms with E-state index in [-0.39, 0.29) is 17.9 Å². The Balaban J connectivity index is 1.94. The lowest BCUT2D eigenvalue weighted by Gasteiger charge is -2.23. The number of halogens is 2. The highest BCUT2D eigenvalue weighted by Gasteiger charge is 2.39. The highest BCUT2D eigenvalue weighted by atomic mass is 32.2. The van der Waals surface area contributed by atoms with Gasteiger partial charge < -0.3 is 10.1 Å². The van der Waals surface area contributed by atoms with Crippen molar-refractivity contribution < 1.29 is 31.5 Å². The Morgan fingerprint density at radius 3 is 2.43 bits per heavy atom. The average Bonchev–Trinajstić information content (AvgIpc) is 2.70. The normalized spacial score (nSPS) is 22.6. The highest BCUT2D eigenvalue weighted by Crippen LogP contribution is 2.22. The maximum Gasteiger partial charge on any atom is 0.344 e. The molecule has 1 aliphatic rings. The molecule has 2 rings (SSSR count). The molecule has 1 aliphatic heterocycles. The number of esters is 1. The first kappa shape index (κ1) is 17.3. The van der Waals surface area contributed by atoms with Gasteiger partial charge in [-0.3, -0.25) is 4.79 Å². The van der Waals surface area contributed by atoms with Crippen LogP contribution in [-0.4, -0.2) is 43.9 Å². The minimum atomic E-state index is -3.21. The van der Waals surface area contributed by atoms with E-state index < -0.39 is 51.1 Å². The molecule has 23 heavy (non-hydrogen) atoms. The Bertz CT molecular complexity index is 729. The van der Waals surface area contributed by atoms with Crippen LogP contribution in [0.25, 0.3) is 0 Å². The van der Waals surface area contributed by atoms with Gasteiger partial charge in [-0.25, -0.2) is 22.0 Å². The van der Waals surface area contributed by atoms with Crippen LogP contribution in [0.4, 0.5) is 8.78 Å². The number of sulfone groups is 1. The van der Waals surface area contributed by atoms with Crippen molar-refractivity contribution in [3.63, 3.8) is 0 Å². The number of amides is 1. The topological polar surface area (TPSA) is 89.5 Å². The summed E-state index contributed by atoms with van der Waals surface area (Å²) in [6.07, 6.45) is 0.247. The molecule has 0 aromatic heterocycles. The molecule has 1 amide bonds. The molecule has 1 N–H and O–H groups in total. The first-order chi connectivity index (χ1) is 10.6. The van der Waals surface area contributed by atoms with Gasteiger partial charge in [0, 0.05) is 0 Å². The van der Waals surface area contributed by atoms with Gasteiger partial charge in [-0.05, 0) is 25.5 Å². The Labute approximate surface area is 131 Å². The van der Waals surface area contributed by atoms with Crippen LogP contribution in [0.15, 0.2) is 18.2 Å². The molecular weight excluding hydrogens is 332 g/mol. The predicted octanol–water partition coefficient (Wildman–Crippen LogP) is 0.815. The van der Waals surface area contributed by atoms with E-state index in [1.807, 2.05) is 0 Å². The lowest BCUT2D eigenvalue weighted by Crippen LogP contribution is -2.48. The maximum absolute atomic E-state index is 13.4. The second kappa shape index (κ2) is 6.23. The summed E-state index contributed by atoms with van der Waals surface area (Å²) in [5.74, 6) is -4.48. The van der Waals surface area contributed by atoms with Crippen molar-refractivity contribution in [3.05, 3.63) is 35.4 Å². The van der Waals surface area contributed by atoms with E-state index in [0.717, 1.165) is 18.2 Å². The quantitative estimate of drug-likeness (QED) is 0.815. The molecule has 6 nitrogen and oxygen atoms in total. The van der Waals surface area contributed by atoms with Crippen LogP contribution in [0.3, 0.4) is 0 Å². The van der Waals surface area contributed by atoms with Crippen molar-refractivity contribution in [2.45, 2.75) is 18.9 Å². The molecule has 0 unspecified atom stereocenters. The summed E-state index contributed by atoms with van der Waals surface area (Å²) in [6, 6.07) is 2.88. The van der Waals surface area contributed by atoms with Crippen molar-refractivity contribution in [1.82, 2.24) is 5.32 Å². The van der Waals surface area contributed by atoms with E-state index in [4.69, 9.17) is 0 Å². The van der Waals surface area contributed by atoms with E-state index in [2.05, 4.69) is 10.1 Å². The number of rotatable bonds is 4. The number of nitrogens with one attached hydrogen (secondary N) is 1. The SMILES string of the molecule is C[C@]1(NC(=O)COC(=O)c2c(F)cccc2F)CCS(=O)(=O)C1. The van der Waals surface area contributed by atoms with Gasteiger partial charge >= 0.3 is 5.97 Å². The number of ether oxygens (including phenoxy) is 1. The van der Waals surface area contributed by atoms with Gasteiger partial charge in [-0.15, -0.1) is 0 Å². The van der Waals surface area contributed by atoms with Crippen LogP contribution in [-0.2, 0) is 19.4 Å². The highest BCUT2D eigenvalue weighted by molar-refractivity contribution is 7.91. The Kier molecular flexibility index (Phi) is 4.69. The fourth-order valence-electron chi connectivity index (χ4n) is 2.38. The monoisotopic (exact) mass is 347 g/mol. The third-order valence-electron chi connectivity index (χ3n) is 3.45. The van der Waals surface area contributed by atoms with Crippen molar-refractivity contribution in [2.75, 3.05) is 18.1 Å². The van der Waals surface area contributed by atoms with Crippen molar-refractivity contribution in [2.24, 2.45) is 0 Å². The summed E-state index contributed by atoms with van der Waals surface area (Å²) in [5, 5.41) is 2.46. The lowest BCUT2D eigenvalue weighted by molar-refractivity contribution is -0.125. The molecule has 1 aromatic carbocycles. The molecule has 1 saturated heterocycles. The first-order valence-corrected chi connectivity index (χ1v) is 8.57. The Morgan fingerprint density at radius 2 is 1.91 bits per heavy atom. The Hall–Kier alpha value is -2.03. The molecule has 0 aliphatic carbocycles. The molecule has 0 bridgehead atoms. The zero-order chi connectivity index (χ0) is 17.3. The van der Waals surface area contributed by atoms with Crippen LogP contribution in [0.5, 0.6) is 0 Å². The zero-order valence-electron chi connectivity index (χ0n) is 12.3. The smallest absolute Gasteiger partial charge is 0.344 e. The number of hydrogen-bond donors (Lipinski definition) is 1. The Morgan fingerprint density at radius 1 is 1.30 bits per heavy atom. The van der Waals surface area contributed by atoms with E-state index in [9.17, 15) is 26.8 Å². The van der Waals surface area contributed by atoms with E-state index >= 15 is 0 Å². The number of carbonyl (C=O) groups excluding carboxylic acids is 2. The van der Waals surface area contributed by atoms with E-state index in [1.54, 1.807) is 6.92 Å². The van der Waals surface area contributed by atoms with Gasteiger partial charge in [-0.2, -0.15) is 0 Å². The van der Waals surface area contributed by atoms with Gasteiger partial charge in [0.1, 0.15) is 17.2 Å². The molecule has 1 atom stereocenters. The summed E-state index contributed by atoms with van der Waals surface area (Å²) in [7, 11) is -3.21. The van der Waals surface area contributed by atoms with Gasteiger partial charge in [0.2, 0.25) is 0 Å². The summed E-state index contributed by atoms with van der Waals surface area (Å²) in [6.45, 7) is 0.802. The lowest BCUT2D eigenvalue weighted by atomic mass is 10.0. The van der Waals surface area contributed by atoms with Crippen molar-refractivity contribution >= 4 is 21.7 Å². The second-order valence-electron chi connectivity index (χ2n) is 5.62. The summed E-state index contributed by atoms with van der Waals surface area (Å²) < 4.78 is 54.2. The van der Waals surface area contributed by atoms with Crippen LogP contribution >= 0.6 is 0 Å². The first-order valence-electron chi connectivity index (χ1n) is 6.74. The van der Waals surface area contributed by atoms with Crippen LogP contribution in [0.2, 0.25) is 0 Å². The molecule has 0 radical (unpaired) electrons. The third-order valence-corrected chi connectivity index (χ3v) is 5.35. The largest absolute Gasteiger partial charge is 0.452 e. The van der Waals surface area contributed by atoms with E-state index in [1.165, 1.54) is 0 Å². The number of benzene rings is 1. The van der Waals surface area contributed by atoms with Gasteiger partial charge in [0.25, 0.3) is 5.91 Å². The zero-order valence-corrected chi connectivity index (χ0v) is 13.1. The molecular formula is C14H15F2NO5S.